The highest BCUT2D eigenvalue weighted by atomic mass is 32.1. The molecule has 248 valence electrons. The average Bonchev–Trinajstić information content (AvgIpc) is 3.81. The van der Waals surface area contributed by atoms with Gasteiger partial charge in [0.1, 0.15) is 18.8 Å². The van der Waals surface area contributed by atoms with Gasteiger partial charge in [-0.25, -0.2) is 4.79 Å². The first-order valence-electron chi connectivity index (χ1n) is 15.9. The number of thiazole rings is 1. The Hall–Kier alpha value is -3.39. The Kier molecular flexibility index (Phi) is 12.5. The average molecular weight is 653 g/mol. The number of rotatable bonds is 16. The van der Waals surface area contributed by atoms with Crippen molar-refractivity contribution in [2.45, 2.75) is 82.8 Å². The van der Waals surface area contributed by atoms with E-state index in [2.05, 4.69) is 21.1 Å². The molecule has 4 N–H and O–H groups in total. The number of benzene rings is 2. The number of ether oxygens (including phenoxy) is 3. The van der Waals surface area contributed by atoms with Crippen LogP contribution in [0.5, 0.6) is 0 Å². The van der Waals surface area contributed by atoms with Gasteiger partial charge in [-0.2, -0.15) is 5.48 Å². The van der Waals surface area contributed by atoms with Crippen molar-refractivity contribution in [3.8, 4) is 0 Å². The van der Waals surface area contributed by atoms with Crippen LogP contribution in [0.25, 0.3) is 0 Å². The lowest BCUT2D eigenvalue weighted by Gasteiger charge is -2.30. The van der Waals surface area contributed by atoms with E-state index in [1.54, 1.807) is 11.7 Å². The van der Waals surface area contributed by atoms with Crippen LogP contribution in [0.3, 0.4) is 0 Å². The van der Waals surface area contributed by atoms with E-state index in [0.717, 1.165) is 22.4 Å². The summed E-state index contributed by atoms with van der Waals surface area (Å²) in [6.07, 6.45) is 1.17. The summed E-state index contributed by atoms with van der Waals surface area (Å²) in [7, 11) is 0. The van der Waals surface area contributed by atoms with Crippen LogP contribution >= 0.6 is 11.3 Å². The van der Waals surface area contributed by atoms with Crippen LogP contribution in [-0.4, -0.2) is 71.9 Å². The van der Waals surface area contributed by atoms with Gasteiger partial charge in [0, 0.05) is 12.2 Å². The Bertz CT molecular complexity index is 1350. The fraction of sp³-hybridized carbons (Fsp3) is 0.500. The first-order chi connectivity index (χ1) is 22.4. The predicted octanol–water partition coefficient (Wildman–Crippen LogP) is 3.77. The van der Waals surface area contributed by atoms with Crippen molar-refractivity contribution >= 4 is 23.3 Å². The Morgan fingerprint density at radius 2 is 1.74 bits per heavy atom. The van der Waals surface area contributed by atoms with Gasteiger partial charge in [-0.1, -0.05) is 74.5 Å². The highest BCUT2D eigenvalue weighted by molar-refractivity contribution is 7.09. The number of carbonyl (C=O) groups is 2. The molecule has 12 heteroatoms. The summed E-state index contributed by atoms with van der Waals surface area (Å²) >= 11 is 1.47. The van der Waals surface area contributed by atoms with Crippen molar-refractivity contribution in [2.24, 2.45) is 11.8 Å². The molecule has 11 nitrogen and oxygen atoms in total. The van der Waals surface area contributed by atoms with Crippen LogP contribution in [0.2, 0.25) is 0 Å². The highest BCUT2D eigenvalue weighted by Crippen LogP contribution is 2.33. The Morgan fingerprint density at radius 1 is 1.02 bits per heavy atom. The van der Waals surface area contributed by atoms with E-state index in [-0.39, 0.29) is 43.7 Å². The molecule has 7 atom stereocenters. The van der Waals surface area contributed by atoms with Crippen molar-refractivity contribution in [1.82, 2.24) is 21.1 Å². The summed E-state index contributed by atoms with van der Waals surface area (Å²) in [5.41, 5.74) is 6.61. The van der Waals surface area contributed by atoms with Gasteiger partial charge in [0.05, 0.1) is 41.7 Å². The minimum Gasteiger partial charge on any atom is -0.443 e. The molecule has 3 aromatic rings. The molecular weight excluding hydrogens is 608 g/mol. The van der Waals surface area contributed by atoms with Crippen LogP contribution in [0, 0.1) is 11.8 Å². The third kappa shape index (κ3) is 9.81. The van der Waals surface area contributed by atoms with E-state index in [1.807, 2.05) is 74.5 Å². The molecule has 0 aliphatic carbocycles. The molecule has 1 aromatic heterocycles. The molecule has 2 amide bonds. The van der Waals surface area contributed by atoms with Gasteiger partial charge in [0.2, 0.25) is 5.91 Å². The maximum absolute atomic E-state index is 13.6. The molecule has 2 unspecified atom stereocenters. The number of hydrogen-bond acceptors (Lipinski definition) is 10. The summed E-state index contributed by atoms with van der Waals surface area (Å²) in [5.74, 6) is -0.313. The van der Waals surface area contributed by atoms with E-state index < -0.39 is 36.4 Å². The Morgan fingerprint density at radius 3 is 2.41 bits per heavy atom. The number of nitrogens with one attached hydrogen (secondary N) is 3. The maximum atomic E-state index is 13.6. The SMILES string of the molecule is CC(C)[C@@H](NOCc1cncs1)C(=O)N[C@@H](Cc1ccccc1)C[C@H](O)[C@H](Cc1ccccc1)NC(=O)O[C@H]1COC2OCCC21. The minimum absolute atomic E-state index is 0.00202. The second-order valence-electron chi connectivity index (χ2n) is 12.2. The molecule has 2 saturated heterocycles. The van der Waals surface area contributed by atoms with Crippen LogP contribution in [0.15, 0.2) is 72.4 Å². The fourth-order valence-electron chi connectivity index (χ4n) is 5.87. The highest BCUT2D eigenvalue weighted by Gasteiger charge is 2.44. The molecule has 5 rings (SSSR count). The predicted molar refractivity (Wildman–Crippen MR) is 173 cm³/mol. The molecule has 0 bridgehead atoms. The van der Waals surface area contributed by atoms with Crippen molar-refractivity contribution < 1.29 is 33.7 Å². The lowest BCUT2D eigenvalue weighted by atomic mass is 9.93. The van der Waals surface area contributed by atoms with E-state index >= 15 is 0 Å². The molecule has 0 radical (unpaired) electrons. The van der Waals surface area contributed by atoms with E-state index in [9.17, 15) is 14.7 Å². The van der Waals surface area contributed by atoms with Crippen molar-refractivity contribution in [1.29, 1.82) is 0 Å². The van der Waals surface area contributed by atoms with Gasteiger partial charge in [-0.15, -0.1) is 11.3 Å². The molecule has 2 fully saturated rings. The number of aromatic nitrogens is 1. The van der Waals surface area contributed by atoms with Crippen molar-refractivity contribution in [3.05, 3.63) is 88.4 Å². The number of aliphatic hydroxyl groups is 1. The number of carbonyl (C=O) groups excluding carboxylic acids is 2. The Balaban J connectivity index is 1.27. The molecule has 2 aromatic carbocycles. The number of nitrogens with zero attached hydrogens (tertiary/aromatic N) is 1. The number of aliphatic hydroxyl groups excluding tert-OH is 1. The first-order valence-corrected chi connectivity index (χ1v) is 16.7. The molecule has 46 heavy (non-hydrogen) atoms. The molecule has 2 aliphatic heterocycles. The molecule has 2 aliphatic rings. The van der Waals surface area contributed by atoms with Gasteiger partial charge in [0.25, 0.3) is 0 Å². The smallest absolute Gasteiger partial charge is 0.407 e. The number of hydrogen-bond donors (Lipinski definition) is 4. The molecular formula is C34H44N4O7S. The van der Waals surface area contributed by atoms with E-state index in [0.29, 0.717) is 19.4 Å². The third-order valence-corrected chi connectivity index (χ3v) is 9.12. The fourth-order valence-corrected chi connectivity index (χ4v) is 6.37. The quantitative estimate of drug-likeness (QED) is 0.170. The van der Waals surface area contributed by atoms with Crippen LogP contribution in [0.4, 0.5) is 4.79 Å². The zero-order chi connectivity index (χ0) is 32.3. The second-order valence-corrected chi connectivity index (χ2v) is 13.2. The van der Waals surface area contributed by atoms with Crippen LogP contribution < -0.4 is 16.1 Å². The van der Waals surface area contributed by atoms with Gasteiger partial charge >= 0.3 is 6.09 Å². The van der Waals surface area contributed by atoms with Crippen LogP contribution in [0.1, 0.15) is 42.7 Å². The zero-order valence-electron chi connectivity index (χ0n) is 26.2. The van der Waals surface area contributed by atoms with Crippen LogP contribution in [-0.2, 0) is 43.3 Å². The first kappa shape index (κ1) is 34.0. The number of alkyl carbamates (subject to hydrolysis) is 1. The second kappa shape index (κ2) is 17.0. The normalized spacial score (nSPS) is 21.7. The molecule has 0 spiro atoms. The summed E-state index contributed by atoms with van der Waals surface area (Å²) in [4.78, 5) is 37.4. The lowest BCUT2D eigenvalue weighted by molar-refractivity contribution is -0.130. The van der Waals surface area contributed by atoms with Gasteiger partial charge in [-0.3, -0.25) is 14.6 Å². The number of fused-ring (bicyclic) bond motifs is 1. The number of hydroxylamine groups is 1. The monoisotopic (exact) mass is 652 g/mol. The topological polar surface area (TPSA) is 140 Å². The maximum Gasteiger partial charge on any atom is 0.407 e. The van der Waals surface area contributed by atoms with Crippen molar-refractivity contribution in [3.63, 3.8) is 0 Å². The summed E-state index contributed by atoms with van der Waals surface area (Å²) in [6, 6.07) is 17.7. The van der Waals surface area contributed by atoms with E-state index in [4.69, 9.17) is 19.0 Å². The van der Waals surface area contributed by atoms with Gasteiger partial charge in [0.15, 0.2) is 6.29 Å². The van der Waals surface area contributed by atoms with Gasteiger partial charge < -0.3 is 30.0 Å². The largest absolute Gasteiger partial charge is 0.443 e. The zero-order valence-corrected chi connectivity index (χ0v) is 27.1. The Labute approximate surface area is 274 Å². The van der Waals surface area contributed by atoms with Gasteiger partial charge in [-0.05, 0) is 42.7 Å². The third-order valence-electron chi connectivity index (χ3n) is 8.36. The standard InChI is InChI=1S/C34H44N4O7S/c1-22(2)31(38-44-19-26-18-35-21-46-26)32(40)36-25(15-23-9-5-3-6-10-23)17-29(39)28(16-24-11-7-4-8-12-24)37-34(41)45-30-20-43-33-27(30)13-14-42-33/h3-12,18,21-22,25,27-31,33,38-39H,13-17,19-20H2,1-2H3,(H,36,40)(H,37,41)/t25-,27?,28-,29-,30-,31+,33?/m0/s1. The lowest BCUT2D eigenvalue weighted by Crippen LogP contribution is -2.53. The van der Waals surface area contributed by atoms with E-state index in [1.165, 1.54) is 11.3 Å². The summed E-state index contributed by atoms with van der Waals surface area (Å²) in [6.45, 7) is 5.02. The summed E-state index contributed by atoms with van der Waals surface area (Å²) in [5, 5.41) is 17.7. The number of amides is 2. The molecule has 0 saturated carbocycles. The molecule has 3 heterocycles. The van der Waals surface area contributed by atoms with Crippen molar-refractivity contribution in [2.75, 3.05) is 13.2 Å². The summed E-state index contributed by atoms with van der Waals surface area (Å²) < 4.78 is 17.0. The minimum atomic E-state index is -1.00.